The van der Waals surface area contributed by atoms with E-state index in [-0.39, 0.29) is 56.9 Å². The van der Waals surface area contributed by atoms with Gasteiger partial charge < -0.3 is 5.48 Å². The van der Waals surface area contributed by atoms with Crippen molar-refractivity contribution >= 4 is 30.6 Å². The van der Waals surface area contributed by atoms with Crippen LogP contribution in [0.15, 0.2) is 0 Å². The van der Waals surface area contributed by atoms with Crippen LogP contribution in [0.3, 0.4) is 0 Å². The van der Waals surface area contributed by atoms with Crippen LogP contribution >= 0.6 is 21.4 Å². The van der Waals surface area contributed by atoms with Crippen molar-refractivity contribution in [3.05, 3.63) is 0 Å². The van der Waals surface area contributed by atoms with Crippen LogP contribution in [0.4, 0.5) is 0 Å². The minimum Gasteiger partial charge on any atom is -0.870 e. The van der Waals surface area contributed by atoms with Crippen molar-refractivity contribution in [1.29, 1.82) is 0 Å². The average Bonchev–Trinajstić information content (AvgIpc) is 0.811. The van der Waals surface area contributed by atoms with Gasteiger partial charge in [-0.3, -0.25) is 0 Å². The molecule has 0 saturated heterocycles. The van der Waals surface area contributed by atoms with Crippen LogP contribution in [0, 0.1) is 0 Å². The van der Waals surface area contributed by atoms with Crippen molar-refractivity contribution < 1.29 is 61.1 Å². The molecule has 6 heteroatoms. The van der Waals surface area contributed by atoms with E-state index in [0.717, 1.165) is 0 Å². The van der Waals surface area contributed by atoms with Crippen molar-refractivity contribution in [1.82, 2.24) is 0 Å². The van der Waals surface area contributed by atoms with Gasteiger partial charge in [-0.15, -0.1) is 0 Å². The van der Waals surface area contributed by atoms with Crippen molar-refractivity contribution in [2.75, 3.05) is 0 Å². The van der Waals surface area contributed by atoms with E-state index >= 15 is 0 Å². The summed E-state index contributed by atoms with van der Waals surface area (Å²) in [6, 6.07) is 0. The Balaban J connectivity index is -0.0000000450. The molecule has 0 radical (unpaired) electrons. The first kappa shape index (κ1) is 15.8. The fourth-order valence-corrected chi connectivity index (χ4v) is 0. The first-order chi connectivity index (χ1) is 1.73. The van der Waals surface area contributed by atoms with E-state index in [1.165, 1.54) is 0 Å². The molecule has 34 valence electrons. The molecular formula is HCl2KO2S. The molecule has 0 atom stereocenters. The maximum absolute atomic E-state index is 9.09. The summed E-state index contributed by atoms with van der Waals surface area (Å²) < 4.78 is 9.09. The van der Waals surface area contributed by atoms with Crippen LogP contribution in [0.1, 0.15) is 0 Å². The smallest absolute Gasteiger partial charge is 0.870 e. The number of rotatable bonds is 0. The molecule has 1 N–H and O–H groups in total. The summed E-state index contributed by atoms with van der Waals surface area (Å²) in [5.74, 6) is 0. The van der Waals surface area contributed by atoms with E-state index in [1.54, 1.807) is 0 Å². The number of halogens is 2. The normalized spacial score (nSPS) is 5.83. The zero-order valence-corrected chi connectivity index (χ0v) is 8.47. The first-order valence-corrected chi connectivity index (χ1v) is 3.28. The Kier molecular flexibility index (Phi) is 27.1. The van der Waals surface area contributed by atoms with Gasteiger partial charge in [0.05, 0.1) is 0 Å². The molecule has 0 spiro atoms. The third kappa shape index (κ3) is 33.2. The molecule has 0 bridgehead atoms. The molecule has 6 heavy (non-hydrogen) atoms. The topological polar surface area (TPSA) is 47.1 Å². The Morgan fingerprint density at radius 3 is 1.33 bits per heavy atom. The molecule has 0 rings (SSSR count). The Morgan fingerprint density at radius 2 is 1.33 bits per heavy atom. The number of hydrogen-bond donors (Lipinski definition) is 0. The Labute approximate surface area is 89.8 Å². The minimum atomic E-state index is -1.67. The van der Waals surface area contributed by atoms with Crippen molar-refractivity contribution in [2.45, 2.75) is 0 Å². The van der Waals surface area contributed by atoms with Gasteiger partial charge in [0.15, 0.2) is 0 Å². The van der Waals surface area contributed by atoms with E-state index in [2.05, 4.69) is 21.4 Å². The monoisotopic (exact) mass is 174 g/mol. The predicted octanol–water partition coefficient (Wildman–Crippen LogP) is -2.13. The SMILES string of the molecule is O=S(Cl)Cl.[K+].[OH-]. The molecule has 0 aliphatic rings. The van der Waals surface area contributed by atoms with Gasteiger partial charge in [-0.05, 0) is 0 Å². The second-order valence-corrected chi connectivity index (χ2v) is 2.71. The van der Waals surface area contributed by atoms with Gasteiger partial charge in [0, 0.05) is 21.4 Å². The largest absolute Gasteiger partial charge is 1.00 e. The van der Waals surface area contributed by atoms with Crippen LogP contribution in [-0.4, -0.2) is 9.69 Å². The fourth-order valence-electron chi connectivity index (χ4n) is 0. The Hall–Kier alpha value is 2.33. The van der Waals surface area contributed by atoms with Gasteiger partial charge in [0.1, 0.15) is 0 Å². The Bertz CT molecular complexity index is 34.5. The molecule has 0 aromatic carbocycles. The molecule has 0 aliphatic carbocycles. The van der Waals surface area contributed by atoms with Gasteiger partial charge in [0.25, 0.3) is 0 Å². The van der Waals surface area contributed by atoms with E-state index < -0.39 is 9.23 Å². The van der Waals surface area contributed by atoms with Gasteiger partial charge in [-0.1, -0.05) is 0 Å². The maximum Gasteiger partial charge on any atom is 1.00 e. The third-order valence-electron chi connectivity index (χ3n) is 0. The van der Waals surface area contributed by atoms with E-state index in [4.69, 9.17) is 4.21 Å². The van der Waals surface area contributed by atoms with Crippen molar-refractivity contribution in [2.24, 2.45) is 0 Å². The van der Waals surface area contributed by atoms with E-state index in [9.17, 15) is 0 Å². The molecule has 0 aliphatic heterocycles. The maximum atomic E-state index is 9.09. The summed E-state index contributed by atoms with van der Waals surface area (Å²) in [6.07, 6.45) is 0. The molecule has 0 fully saturated rings. The molecule has 0 saturated carbocycles. The van der Waals surface area contributed by atoms with Crippen molar-refractivity contribution in [3.8, 4) is 0 Å². The second-order valence-electron chi connectivity index (χ2n) is 0.184. The predicted molar refractivity (Wildman–Crippen MR) is 21.8 cm³/mol. The minimum absolute atomic E-state index is 0. The van der Waals surface area contributed by atoms with Crippen LogP contribution < -0.4 is 51.4 Å². The van der Waals surface area contributed by atoms with Gasteiger partial charge in [0.2, 0.25) is 9.23 Å². The molecule has 0 amide bonds. The summed E-state index contributed by atoms with van der Waals surface area (Å²) in [5, 5.41) is 0. The standard InChI is InChI=1S/Cl2OS.K.H2O/c1-4(2)3;;/h;;1H2/q;+1;/p-1. The third-order valence-corrected chi connectivity index (χ3v) is 0. The summed E-state index contributed by atoms with van der Waals surface area (Å²) in [4.78, 5) is 0. The molecular weight excluding hydrogens is 174 g/mol. The molecule has 0 unspecified atom stereocenters. The average molecular weight is 175 g/mol. The number of hydrogen-bond acceptors (Lipinski definition) is 2. The summed E-state index contributed by atoms with van der Waals surface area (Å²) in [7, 11) is 7.36. The Morgan fingerprint density at radius 1 is 1.33 bits per heavy atom. The summed E-state index contributed by atoms with van der Waals surface area (Å²) in [5.41, 5.74) is 0. The molecule has 2 nitrogen and oxygen atoms in total. The molecule has 0 aromatic heterocycles. The van der Waals surface area contributed by atoms with Gasteiger partial charge >= 0.3 is 51.4 Å². The zero-order valence-electron chi connectivity index (χ0n) is 3.02. The van der Waals surface area contributed by atoms with Crippen LogP contribution in [-0.2, 0) is 9.23 Å². The quantitative estimate of drug-likeness (QED) is 0.312. The second kappa shape index (κ2) is 10.3. The summed E-state index contributed by atoms with van der Waals surface area (Å²) >= 11 is 0. The van der Waals surface area contributed by atoms with E-state index in [0.29, 0.717) is 0 Å². The zero-order chi connectivity index (χ0) is 3.58. The summed E-state index contributed by atoms with van der Waals surface area (Å²) in [6.45, 7) is 0. The van der Waals surface area contributed by atoms with Crippen LogP contribution in [0.25, 0.3) is 0 Å². The van der Waals surface area contributed by atoms with Crippen LogP contribution in [0.5, 0.6) is 0 Å². The van der Waals surface area contributed by atoms with Gasteiger partial charge in [-0.25, -0.2) is 4.21 Å². The van der Waals surface area contributed by atoms with Crippen LogP contribution in [0.2, 0.25) is 0 Å². The molecule has 0 aromatic rings. The molecule has 0 heterocycles. The van der Waals surface area contributed by atoms with Gasteiger partial charge in [-0.2, -0.15) is 0 Å². The van der Waals surface area contributed by atoms with E-state index in [1.807, 2.05) is 0 Å². The first-order valence-electron chi connectivity index (χ1n) is 0.475. The fraction of sp³-hybridized carbons (Fsp3) is 0. The van der Waals surface area contributed by atoms with Crippen molar-refractivity contribution in [3.63, 3.8) is 0 Å².